The van der Waals surface area contributed by atoms with Crippen LogP contribution >= 0.6 is 0 Å². The second kappa shape index (κ2) is 9.60. The molecule has 4 rings (SSSR count). The maximum absolute atomic E-state index is 13.7. The SMILES string of the molecule is CCC(c1ccc(F)cc1)N(Cc1cccc(C(=O)OC)n1)C(=O)c1cc2ccccn2n1. The quantitative estimate of drug-likeness (QED) is 0.392. The van der Waals surface area contributed by atoms with E-state index < -0.39 is 5.97 Å². The molecule has 3 aromatic heterocycles. The van der Waals surface area contributed by atoms with Crippen LogP contribution in [0.15, 0.2) is 72.9 Å². The summed E-state index contributed by atoms with van der Waals surface area (Å²) in [6.45, 7) is 2.09. The lowest BCUT2D eigenvalue weighted by atomic mass is 10.0. The molecule has 0 radical (unpaired) electrons. The van der Waals surface area contributed by atoms with Gasteiger partial charge in [-0.1, -0.05) is 31.2 Å². The molecule has 1 atom stereocenters. The minimum atomic E-state index is -0.555. The first-order valence-corrected chi connectivity index (χ1v) is 10.5. The molecule has 3 heterocycles. The molecule has 0 spiro atoms. The van der Waals surface area contributed by atoms with E-state index in [1.165, 1.54) is 19.2 Å². The number of nitrogens with zero attached hydrogens (tertiary/aromatic N) is 4. The van der Waals surface area contributed by atoms with Crippen molar-refractivity contribution in [1.82, 2.24) is 19.5 Å². The average molecular weight is 446 g/mol. The second-order valence-electron chi connectivity index (χ2n) is 7.51. The minimum absolute atomic E-state index is 0.132. The van der Waals surface area contributed by atoms with Crippen molar-refractivity contribution in [3.63, 3.8) is 0 Å². The van der Waals surface area contributed by atoms with Gasteiger partial charge in [0.2, 0.25) is 0 Å². The largest absolute Gasteiger partial charge is 0.464 e. The van der Waals surface area contributed by atoms with Crippen LogP contribution in [0.3, 0.4) is 0 Å². The number of methoxy groups -OCH3 is 1. The molecule has 1 aromatic carbocycles. The first-order chi connectivity index (χ1) is 16.0. The fourth-order valence-corrected chi connectivity index (χ4v) is 3.79. The number of amides is 1. The molecule has 0 saturated heterocycles. The molecule has 0 fully saturated rings. The van der Waals surface area contributed by atoms with Crippen molar-refractivity contribution in [1.29, 1.82) is 0 Å². The topological polar surface area (TPSA) is 76.8 Å². The van der Waals surface area contributed by atoms with Gasteiger partial charge in [-0.15, -0.1) is 0 Å². The third-order valence-corrected chi connectivity index (χ3v) is 5.40. The van der Waals surface area contributed by atoms with Gasteiger partial charge in [0.15, 0.2) is 5.69 Å². The summed E-state index contributed by atoms with van der Waals surface area (Å²) in [6, 6.07) is 18.0. The van der Waals surface area contributed by atoms with E-state index in [4.69, 9.17) is 4.74 Å². The zero-order valence-corrected chi connectivity index (χ0v) is 18.3. The van der Waals surface area contributed by atoms with Crippen molar-refractivity contribution in [3.05, 3.63) is 101 Å². The number of benzene rings is 1. The van der Waals surface area contributed by atoms with Gasteiger partial charge >= 0.3 is 5.97 Å². The molecule has 0 bridgehead atoms. The van der Waals surface area contributed by atoms with Crippen LogP contribution in [0.1, 0.15) is 51.6 Å². The molecule has 33 heavy (non-hydrogen) atoms. The second-order valence-corrected chi connectivity index (χ2v) is 7.51. The smallest absolute Gasteiger partial charge is 0.356 e. The minimum Gasteiger partial charge on any atom is -0.464 e. The Balaban J connectivity index is 1.74. The molecular weight excluding hydrogens is 423 g/mol. The Morgan fingerprint density at radius 3 is 2.55 bits per heavy atom. The van der Waals surface area contributed by atoms with Gasteiger partial charge in [-0.25, -0.2) is 18.7 Å². The predicted octanol–water partition coefficient (Wildman–Crippen LogP) is 4.45. The Hall–Kier alpha value is -4.07. The van der Waals surface area contributed by atoms with Crippen LogP contribution in [0.5, 0.6) is 0 Å². The van der Waals surface area contributed by atoms with Crippen LogP contribution in [0, 0.1) is 5.82 Å². The molecule has 0 aliphatic rings. The van der Waals surface area contributed by atoms with Gasteiger partial charge in [0.1, 0.15) is 11.5 Å². The molecule has 7 nitrogen and oxygen atoms in total. The van der Waals surface area contributed by atoms with E-state index in [0.29, 0.717) is 12.1 Å². The third-order valence-electron chi connectivity index (χ3n) is 5.40. The summed E-state index contributed by atoms with van der Waals surface area (Å²) in [5.74, 6) is -1.19. The highest BCUT2D eigenvalue weighted by atomic mass is 19.1. The number of carbonyl (C=O) groups is 2. The summed E-state index contributed by atoms with van der Waals surface area (Å²) in [7, 11) is 1.29. The van der Waals surface area contributed by atoms with E-state index in [0.717, 1.165) is 11.1 Å². The zero-order chi connectivity index (χ0) is 23.4. The molecule has 1 amide bonds. The lowest BCUT2D eigenvalue weighted by molar-refractivity contribution is 0.0593. The number of aromatic nitrogens is 3. The molecule has 0 saturated carbocycles. The van der Waals surface area contributed by atoms with E-state index in [-0.39, 0.29) is 35.7 Å². The summed E-state index contributed by atoms with van der Waals surface area (Å²) in [5, 5.41) is 4.43. The van der Waals surface area contributed by atoms with Crippen LogP contribution in [-0.4, -0.2) is 38.5 Å². The highest BCUT2D eigenvalue weighted by molar-refractivity contribution is 5.94. The summed E-state index contributed by atoms with van der Waals surface area (Å²) in [5.41, 5.74) is 2.55. The lowest BCUT2D eigenvalue weighted by Crippen LogP contribution is -2.35. The normalized spacial score (nSPS) is 11.8. The Kier molecular flexibility index (Phi) is 6.44. The van der Waals surface area contributed by atoms with Crippen LogP contribution < -0.4 is 0 Å². The number of fused-ring (bicyclic) bond motifs is 1. The summed E-state index contributed by atoms with van der Waals surface area (Å²) in [4.78, 5) is 31.7. The Labute approximate surface area is 190 Å². The van der Waals surface area contributed by atoms with Gasteiger partial charge in [0.25, 0.3) is 5.91 Å². The van der Waals surface area contributed by atoms with E-state index in [1.807, 2.05) is 25.1 Å². The van der Waals surface area contributed by atoms with Crippen LogP contribution in [0.4, 0.5) is 4.39 Å². The van der Waals surface area contributed by atoms with Crippen molar-refractivity contribution in [2.75, 3.05) is 7.11 Å². The van der Waals surface area contributed by atoms with Gasteiger partial charge in [-0.2, -0.15) is 5.10 Å². The number of halogens is 1. The monoisotopic (exact) mass is 446 g/mol. The molecule has 4 aromatic rings. The fourth-order valence-electron chi connectivity index (χ4n) is 3.79. The number of hydrogen-bond acceptors (Lipinski definition) is 5. The van der Waals surface area contributed by atoms with E-state index in [2.05, 4.69) is 10.1 Å². The van der Waals surface area contributed by atoms with Gasteiger partial charge in [-0.05, 0) is 54.4 Å². The third kappa shape index (κ3) is 4.74. The molecule has 0 N–H and O–H groups in total. The van der Waals surface area contributed by atoms with Crippen molar-refractivity contribution >= 4 is 17.4 Å². The number of esters is 1. The van der Waals surface area contributed by atoms with Crippen molar-refractivity contribution < 1.29 is 18.7 Å². The Morgan fingerprint density at radius 2 is 1.85 bits per heavy atom. The van der Waals surface area contributed by atoms with Gasteiger partial charge < -0.3 is 9.64 Å². The Bertz CT molecular complexity index is 1250. The standard InChI is InChI=1S/C25H23FN4O3/c1-3-23(17-10-12-18(26)13-11-17)29(16-19-7-6-9-21(27-19)25(32)33-2)24(31)22-15-20-8-4-5-14-30(20)28-22/h4-15,23H,3,16H2,1-2H3. The lowest BCUT2D eigenvalue weighted by Gasteiger charge is -2.31. The van der Waals surface area contributed by atoms with Crippen LogP contribution in [-0.2, 0) is 11.3 Å². The van der Waals surface area contributed by atoms with Crippen LogP contribution in [0.25, 0.3) is 5.52 Å². The van der Waals surface area contributed by atoms with Crippen molar-refractivity contribution in [2.45, 2.75) is 25.9 Å². The van der Waals surface area contributed by atoms with Crippen LogP contribution in [0.2, 0.25) is 0 Å². The molecular formula is C25H23FN4O3. The summed E-state index contributed by atoms with van der Waals surface area (Å²) < 4.78 is 20.0. The Morgan fingerprint density at radius 1 is 1.06 bits per heavy atom. The fraction of sp³-hybridized carbons (Fsp3) is 0.200. The molecule has 168 valence electrons. The first kappa shape index (κ1) is 22.1. The van der Waals surface area contributed by atoms with E-state index >= 15 is 0 Å². The number of rotatable bonds is 7. The maximum atomic E-state index is 13.7. The molecule has 0 aliphatic carbocycles. The number of ether oxygens (including phenoxy) is 1. The van der Waals surface area contributed by atoms with E-state index in [9.17, 15) is 14.0 Å². The van der Waals surface area contributed by atoms with Gasteiger partial charge in [-0.3, -0.25) is 4.79 Å². The number of hydrogen-bond donors (Lipinski definition) is 0. The van der Waals surface area contributed by atoms with Crippen molar-refractivity contribution in [2.24, 2.45) is 0 Å². The highest BCUT2D eigenvalue weighted by Crippen LogP contribution is 2.28. The molecule has 0 aliphatic heterocycles. The average Bonchev–Trinajstić information content (AvgIpc) is 3.28. The van der Waals surface area contributed by atoms with Crippen molar-refractivity contribution in [3.8, 4) is 0 Å². The number of pyridine rings is 2. The molecule has 1 unspecified atom stereocenters. The maximum Gasteiger partial charge on any atom is 0.356 e. The van der Waals surface area contributed by atoms with Gasteiger partial charge in [0, 0.05) is 6.20 Å². The summed E-state index contributed by atoms with van der Waals surface area (Å²) >= 11 is 0. The summed E-state index contributed by atoms with van der Waals surface area (Å²) in [6.07, 6.45) is 2.36. The highest BCUT2D eigenvalue weighted by Gasteiger charge is 2.28. The number of carbonyl (C=O) groups excluding carboxylic acids is 2. The predicted molar refractivity (Wildman–Crippen MR) is 120 cm³/mol. The zero-order valence-electron chi connectivity index (χ0n) is 18.3. The van der Waals surface area contributed by atoms with Gasteiger partial charge in [0.05, 0.1) is 30.9 Å². The van der Waals surface area contributed by atoms with E-state index in [1.54, 1.807) is 52.0 Å². The first-order valence-electron chi connectivity index (χ1n) is 10.5. The molecule has 8 heteroatoms.